The Morgan fingerprint density at radius 1 is 1.16 bits per heavy atom. The first-order chi connectivity index (χ1) is 14.5. The van der Waals surface area contributed by atoms with Gasteiger partial charge in [0.15, 0.2) is 0 Å². The first-order valence-corrected chi connectivity index (χ1v) is 10.7. The maximum Gasteiger partial charge on any atom is 0.408 e. The van der Waals surface area contributed by atoms with Crippen LogP contribution in [0, 0.1) is 0 Å². The molecule has 0 bridgehead atoms. The molecule has 1 fully saturated rings. The van der Waals surface area contributed by atoms with E-state index in [1.807, 2.05) is 30.5 Å². The van der Waals surface area contributed by atoms with Crippen LogP contribution in [0.2, 0.25) is 5.02 Å². The second kappa shape index (κ2) is 8.87. The quantitative estimate of drug-likeness (QED) is 0.588. The van der Waals surface area contributed by atoms with Crippen molar-refractivity contribution < 1.29 is 19.1 Å². The van der Waals surface area contributed by atoms with Crippen LogP contribution in [-0.4, -0.2) is 29.8 Å². The summed E-state index contributed by atoms with van der Waals surface area (Å²) in [6.45, 7) is 7.05. The highest BCUT2D eigenvalue weighted by Crippen LogP contribution is 2.41. The first-order valence-electron chi connectivity index (χ1n) is 10.4. The van der Waals surface area contributed by atoms with Gasteiger partial charge in [0.1, 0.15) is 5.60 Å². The third-order valence-electron chi connectivity index (χ3n) is 5.19. The van der Waals surface area contributed by atoms with Crippen molar-refractivity contribution in [2.75, 3.05) is 7.11 Å². The number of esters is 1. The summed E-state index contributed by atoms with van der Waals surface area (Å²) in [6.07, 6.45) is 3.44. The minimum atomic E-state index is -1.14. The number of aromatic nitrogens is 1. The molecule has 1 aliphatic rings. The predicted octanol–water partition coefficient (Wildman–Crippen LogP) is 5.58. The number of carbonyl (C=O) groups is 2. The van der Waals surface area contributed by atoms with E-state index >= 15 is 0 Å². The van der Waals surface area contributed by atoms with Crippen LogP contribution in [0.4, 0.5) is 4.79 Å². The Balaban J connectivity index is 1.97. The smallest absolute Gasteiger partial charge is 0.408 e. The molecule has 166 valence electrons. The molecule has 2 aromatic rings. The van der Waals surface area contributed by atoms with Gasteiger partial charge < -0.3 is 14.8 Å². The van der Waals surface area contributed by atoms with Crippen LogP contribution in [0.15, 0.2) is 36.5 Å². The second-order valence-corrected chi connectivity index (χ2v) is 9.50. The average molecular weight is 445 g/mol. The predicted molar refractivity (Wildman–Crippen MR) is 120 cm³/mol. The largest absolute Gasteiger partial charge is 0.469 e. The van der Waals surface area contributed by atoms with E-state index in [9.17, 15) is 9.59 Å². The van der Waals surface area contributed by atoms with E-state index in [0.29, 0.717) is 16.5 Å². The molecule has 1 saturated carbocycles. The van der Waals surface area contributed by atoms with Gasteiger partial charge in [0, 0.05) is 28.9 Å². The molecule has 0 saturated heterocycles. The number of hydrogen-bond donors (Lipinski definition) is 1. The van der Waals surface area contributed by atoms with Gasteiger partial charge in [0.2, 0.25) is 0 Å². The molecular weight excluding hydrogens is 416 g/mol. The molecule has 0 spiro atoms. The van der Waals surface area contributed by atoms with Crippen LogP contribution in [0.1, 0.15) is 64.1 Å². The van der Waals surface area contributed by atoms with Gasteiger partial charge in [-0.25, -0.2) is 4.79 Å². The fraction of sp³-hybridized carbons (Fsp3) is 0.458. The van der Waals surface area contributed by atoms with Crippen molar-refractivity contribution in [3.05, 3.63) is 52.8 Å². The Morgan fingerprint density at radius 3 is 2.42 bits per heavy atom. The lowest BCUT2D eigenvalue weighted by atomic mass is 9.86. The van der Waals surface area contributed by atoms with Crippen LogP contribution >= 0.6 is 11.6 Å². The second-order valence-electron chi connectivity index (χ2n) is 9.13. The molecule has 0 radical (unpaired) electrons. The summed E-state index contributed by atoms with van der Waals surface area (Å²) in [5.74, 6) is 0.0905. The van der Waals surface area contributed by atoms with E-state index in [4.69, 9.17) is 21.1 Å². The fourth-order valence-corrected chi connectivity index (χ4v) is 3.91. The van der Waals surface area contributed by atoms with Gasteiger partial charge in [0.25, 0.3) is 0 Å². The summed E-state index contributed by atoms with van der Waals surface area (Å²) in [7, 11) is 1.31. The van der Waals surface area contributed by atoms with Crippen molar-refractivity contribution in [3.8, 4) is 11.1 Å². The number of carbonyl (C=O) groups excluding carboxylic acids is 2. The van der Waals surface area contributed by atoms with Crippen molar-refractivity contribution in [2.24, 2.45) is 0 Å². The van der Waals surface area contributed by atoms with Crippen molar-refractivity contribution >= 4 is 23.7 Å². The number of amides is 1. The Kier molecular flexibility index (Phi) is 6.60. The lowest BCUT2D eigenvalue weighted by molar-refractivity contribution is -0.142. The molecule has 1 amide bonds. The summed E-state index contributed by atoms with van der Waals surface area (Å²) in [5.41, 5.74) is 1.51. The molecule has 0 aliphatic heterocycles. The van der Waals surface area contributed by atoms with Gasteiger partial charge in [0.05, 0.1) is 24.1 Å². The van der Waals surface area contributed by atoms with Gasteiger partial charge in [-0.1, -0.05) is 35.9 Å². The number of alkyl carbamates (subject to hydrolysis) is 1. The fourth-order valence-electron chi connectivity index (χ4n) is 3.46. The van der Waals surface area contributed by atoms with Gasteiger partial charge in [-0.3, -0.25) is 9.78 Å². The number of rotatable bonds is 6. The number of ether oxygens (including phenoxy) is 2. The van der Waals surface area contributed by atoms with Gasteiger partial charge in [-0.15, -0.1) is 0 Å². The Hall–Kier alpha value is -2.60. The molecule has 0 unspecified atom stereocenters. The van der Waals surface area contributed by atoms with E-state index < -0.39 is 23.2 Å². The van der Waals surface area contributed by atoms with Crippen LogP contribution < -0.4 is 5.32 Å². The van der Waals surface area contributed by atoms with E-state index in [1.54, 1.807) is 33.8 Å². The third-order valence-corrected chi connectivity index (χ3v) is 5.60. The van der Waals surface area contributed by atoms with Crippen molar-refractivity contribution in [3.63, 3.8) is 0 Å². The number of nitrogens with one attached hydrogen (secondary N) is 1. The SMILES string of the molecule is COC(=O)C[C@](C)(NC(=O)OC(C)(C)C)c1cccc(-c2ccc(C3CC3)nc2)c1Cl. The number of pyridine rings is 1. The summed E-state index contributed by atoms with van der Waals surface area (Å²) >= 11 is 6.81. The first kappa shape index (κ1) is 23.1. The molecule has 1 aromatic heterocycles. The normalized spacial score (nSPS) is 15.7. The van der Waals surface area contributed by atoms with Crippen LogP contribution in [0.5, 0.6) is 0 Å². The molecule has 31 heavy (non-hydrogen) atoms. The Morgan fingerprint density at radius 2 is 1.87 bits per heavy atom. The highest BCUT2D eigenvalue weighted by Gasteiger charge is 2.36. The van der Waals surface area contributed by atoms with Crippen molar-refractivity contribution in [1.29, 1.82) is 0 Å². The van der Waals surface area contributed by atoms with Crippen molar-refractivity contribution in [1.82, 2.24) is 10.3 Å². The van der Waals surface area contributed by atoms with Gasteiger partial charge in [-0.05, 0) is 52.2 Å². The molecule has 6 nitrogen and oxygen atoms in total. The minimum absolute atomic E-state index is 0.106. The summed E-state index contributed by atoms with van der Waals surface area (Å²) in [5, 5.41) is 3.26. The van der Waals surface area contributed by atoms with Crippen LogP contribution in [0.25, 0.3) is 11.1 Å². The topological polar surface area (TPSA) is 77.5 Å². The molecule has 1 atom stereocenters. The van der Waals surface area contributed by atoms with E-state index in [1.165, 1.54) is 20.0 Å². The zero-order valence-electron chi connectivity index (χ0n) is 18.6. The van der Waals surface area contributed by atoms with E-state index in [0.717, 1.165) is 16.8 Å². The maximum atomic E-state index is 12.6. The number of methoxy groups -OCH3 is 1. The number of hydrogen-bond acceptors (Lipinski definition) is 5. The lowest BCUT2D eigenvalue weighted by Crippen LogP contribution is -2.47. The highest BCUT2D eigenvalue weighted by molar-refractivity contribution is 6.34. The zero-order chi connectivity index (χ0) is 22.8. The molecule has 1 heterocycles. The maximum absolute atomic E-state index is 12.6. The standard InChI is InChI=1S/C24H29ClN2O4/c1-23(2,3)31-22(29)27-24(4,13-20(28)30-5)18-8-6-7-17(21(18)25)16-11-12-19(26-14-16)15-9-10-15/h6-8,11-12,14-15H,9-10,13H2,1-5H3,(H,27,29)/t24-/m0/s1. The molecule has 1 aromatic carbocycles. The Labute approximate surface area is 188 Å². The molecular formula is C24H29ClN2O4. The summed E-state index contributed by atoms with van der Waals surface area (Å²) < 4.78 is 10.3. The molecule has 3 rings (SSSR count). The third kappa shape index (κ3) is 5.76. The van der Waals surface area contributed by atoms with Crippen LogP contribution in [-0.2, 0) is 19.8 Å². The number of nitrogens with zero attached hydrogens (tertiary/aromatic N) is 1. The van der Waals surface area contributed by atoms with E-state index in [-0.39, 0.29) is 6.42 Å². The Bertz CT molecular complexity index is 965. The van der Waals surface area contributed by atoms with E-state index in [2.05, 4.69) is 10.3 Å². The highest BCUT2D eigenvalue weighted by atomic mass is 35.5. The minimum Gasteiger partial charge on any atom is -0.469 e. The monoisotopic (exact) mass is 444 g/mol. The molecule has 1 N–H and O–H groups in total. The van der Waals surface area contributed by atoms with Gasteiger partial charge in [-0.2, -0.15) is 0 Å². The zero-order valence-corrected chi connectivity index (χ0v) is 19.4. The number of benzene rings is 1. The summed E-state index contributed by atoms with van der Waals surface area (Å²) in [6, 6.07) is 9.56. The lowest BCUT2D eigenvalue weighted by Gasteiger charge is -2.33. The summed E-state index contributed by atoms with van der Waals surface area (Å²) in [4.78, 5) is 29.3. The molecule has 1 aliphatic carbocycles. The van der Waals surface area contributed by atoms with Crippen LogP contribution in [0.3, 0.4) is 0 Å². The van der Waals surface area contributed by atoms with Gasteiger partial charge >= 0.3 is 12.1 Å². The molecule has 7 heteroatoms. The number of halogens is 1. The van der Waals surface area contributed by atoms with Crippen molar-refractivity contribution in [2.45, 2.75) is 64.0 Å². The average Bonchev–Trinajstić information content (AvgIpc) is 3.51.